The number of aryl methyl sites for hydroxylation is 1. The van der Waals surface area contributed by atoms with Gasteiger partial charge in [0.15, 0.2) is 5.82 Å². The highest BCUT2D eigenvalue weighted by Crippen LogP contribution is 2.28. The van der Waals surface area contributed by atoms with Crippen molar-refractivity contribution in [1.29, 1.82) is 0 Å². The van der Waals surface area contributed by atoms with E-state index in [1.54, 1.807) is 13.0 Å². The summed E-state index contributed by atoms with van der Waals surface area (Å²) in [6.07, 6.45) is 0.602. The lowest BCUT2D eigenvalue weighted by Gasteiger charge is -1.99. The molecule has 18 heavy (non-hydrogen) atoms. The fourth-order valence-electron chi connectivity index (χ4n) is 1.42. The Kier molecular flexibility index (Phi) is 3.47. The molecule has 0 aromatic carbocycles. The van der Waals surface area contributed by atoms with Gasteiger partial charge in [-0.1, -0.05) is 5.16 Å². The van der Waals surface area contributed by atoms with E-state index < -0.39 is 5.91 Å². The number of nitrogen functional groups attached to an aromatic ring is 1. The summed E-state index contributed by atoms with van der Waals surface area (Å²) in [5.41, 5.74) is 11.2. The second kappa shape index (κ2) is 5.05. The molecule has 0 saturated carbocycles. The van der Waals surface area contributed by atoms with Crippen LogP contribution in [0, 0.1) is 6.92 Å². The number of rotatable bonds is 5. The lowest BCUT2D eigenvalue weighted by atomic mass is 10.4. The van der Waals surface area contributed by atoms with Gasteiger partial charge in [0.25, 0.3) is 5.91 Å². The predicted molar refractivity (Wildman–Crippen MR) is 68.5 cm³/mol. The van der Waals surface area contributed by atoms with Crippen LogP contribution in [0.25, 0.3) is 0 Å². The number of nitrogens with zero attached hydrogens (tertiary/aromatic N) is 2. The number of carbonyl (C=O) groups excluding carboxylic acids is 1. The molecule has 0 aliphatic rings. The van der Waals surface area contributed by atoms with Crippen molar-refractivity contribution in [3.05, 3.63) is 22.7 Å². The van der Waals surface area contributed by atoms with Crippen molar-refractivity contribution in [1.82, 2.24) is 10.1 Å². The highest BCUT2D eigenvalue weighted by Gasteiger charge is 2.11. The second-order valence-corrected chi connectivity index (χ2v) is 4.72. The van der Waals surface area contributed by atoms with Crippen LogP contribution in [-0.4, -0.2) is 22.6 Å². The molecule has 96 valence electrons. The Morgan fingerprint density at radius 1 is 1.61 bits per heavy atom. The number of primary amides is 1. The van der Waals surface area contributed by atoms with Gasteiger partial charge in [-0.15, -0.1) is 11.3 Å². The summed E-state index contributed by atoms with van der Waals surface area (Å²) in [4.78, 5) is 15.5. The first-order chi connectivity index (χ1) is 8.56. The first kappa shape index (κ1) is 12.4. The molecule has 1 amide bonds. The molecule has 0 aliphatic heterocycles. The van der Waals surface area contributed by atoms with Crippen molar-refractivity contribution in [2.45, 2.75) is 13.3 Å². The number of amides is 1. The van der Waals surface area contributed by atoms with Gasteiger partial charge in [0.1, 0.15) is 4.88 Å². The topological polar surface area (TPSA) is 120 Å². The van der Waals surface area contributed by atoms with E-state index in [-0.39, 0.29) is 0 Å². The zero-order chi connectivity index (χ0) is 13.1. The van der Waals surface area contributed by atoms with E-state index in [2.05, 4.69) is 15.5 Å². The molecule has 7 nitrogen and oxygen atoms in total. The van der Waals surface area contributed by atoms with E-state index >= 15 is 0 Å². The Balaban J connectivity index is 1.90. The molecule has 8 heteroatoms. The highest BCUT2D eigenvalue weighted by molar-refractivity contribution is 7.18. The molecule has 2 aromatic rings. The monoisotopic (exact) mass is 267 g/mol. The summed E-state index contributed by atoms with van der Waals surface area (Å²) >= 11 is 1.23. The van der Waals surface area contributed by atoms with E-state index in [0.29, 0.717) is 35.2 Å². The van der Waals surface area contributed by atoms with Crippen molar-refractivity contribution in [3.8, 4) is 0 Å². The zero-order valence-electron chi connectivity index (χ0n) is 9.77. The average molecular weight is 267 g/mol. The van der Waals surface area contributed by atoms with Crippen LogP contribution in [0.4, 0.5) is 10.7 Å². The van der Waals surface area contributed by atoms with Gasteiger partial charge in [0, 0.05) is 13.0 Å². The maximum atomic E-state index is 11.0. The summed E-state index contributed by atoms with van der Waals surface area (Å²) in [5.74, 6) is 0.666. The molecule has 0 spiro atoms. The standard InChI is InChI=1S/C10H13N5O2S/c1-5-14-7(17-15-5)2-3-13-8-4-6(11)9(18-8)10(12)16/h4,13H,2-3,11H2,1H3,(H2,12,16). The van der Waals surface area contributed by atoms with Gasteiger partial charge in [0.2, 0.25) is 5.89 Å². The summed E-state index contributed by atoms with van der Waals surface area (Å²) in [6.45, 7) is 2.37. The van der Waals surface area contributed by atoms with Crippen LogP contribution in [-0.2, 0) is 6.42 Å². The Labute approximate surface area is 107 Å². The minimum atomic E-state index is -0.516. The van der Waals surface area contributed by atoms with Crippen molar-refractivity contribution < 1.29 is 9.32 Å². The summed E-state index contributed by atoms with van der Waals surface area (Å²) in [7, 11) is 0. The van der Waals surface area contributed by atoms with Gasteiger partial charge in [-0.05, 0) is 13.0 Å². The van der Waals surface area contributed by atoms with Crippen LogP contribution >= 0.6 is 11.3 Å². The molecule has 2 aromatic heterocycles. The molecule has 5 N–H and O–H groups in total. The van der Waals surface area contributed by atoms with Crippen molar-refractivity contribution >= 4 is 27.9 Å². The number of hydrogen-bond donors (Lipinski definition) is 3. The van der Waals surface area contributed by atoms with Crippen LogP contribution in [0.15, 0.2) is 10.6 Å². The van der Waals surface area contributed by atoms with Crippen molar-refractivity contribution in [2.75, 3.05) is 17.6 Å². The van der Waals surface area contributed by atoms with Crippen LogP contribution in [0.1, 0.15) is 21.4 Å². The normalized spacial score (nSPS) is 10.5. The van der Waals surface area contributed by atoms with Gasteiger partial charge in [-0.2, -0.15) is 4.98 Å². The number of anilines is 2. The number of nitrogens with one attached hydrogen (secondary N) is 1. The van der Waals surface area contributed by atoms with Crippen molar-refractivity contribution in [2.24, 2.45) is 5.73 Å². The molecule has 0 radical (unpaired) electrons. The largest absolute Gasteiger partial charge is 0.397 e. The average Bonchev–Trinajstić information content (AvgIpc) is 2.85. The second-order valence-electron chi connectivity index (χ2n) is 3.67. The Morgan fingerprint density at radius 3 is 2.94 bits per heavy atom. The minimum absolute atomic E-state index is 0.367. The van der Waals surface area contributed by atoms with E-state index in [9.17, 15) is 4.79 Å². The van der Waals surface area contributed by atoms with E-state index in [4.69, 9.17) is 16.0 Å². The lowest BCUT2D eigenvalue weighted by molar-refractivity contribution is 0.100. The smallest absolute Gasteiger partial charge is 0.260 e. The lowest BCUT2D eigenvalue weighted by Crippen LogP contribution is -2.10. The Bertz CT molecular complexity index is 562. The van der Waals surface area contributed by atoms with Gasteiger partial charge in [-0.3, -0.25) is 4.79 Å². The van der Waals surface area contributed by atoms with Crippen LogP contribution in [0.3, 0.4) is 0 Å². The third-order valence-electron chi connectivity index (χ3n) is 2.19. The number of nitrogens with two attached hydrogens (primary N) is 2. The number of thiophene rings is 1. The highest BCUT2D eigenvalue weighted by atomic mass is 32.1. The van der Waals surface area contributed by atoms with Gasteiger partial charge >= 0.3 is 0 Å². The SMILES string of the molecule is Cc1noc(CCNc2cc(N)c(C(N)=O)s2)n1. The zero-order valence-corrected chi connectivity index (χ0v) is 10.6. The molecule has 0 bridgehead atoms. The van der Waals surface area contributed by atoms with E-state index in [1.807, 2.05) is 0 Å². The predicted octanol–water partition coefficient (Wildman–Crippen LogP) is 0.775. The molecular weight excluding hydrogens is 254 g/mol. The van der Waals surface area contributed by atoms with Crippen LogP contribution in [0.5, 0.6) is 0 Å². The number of carbonyl (C=O) groups is 1. The summed E-state index contributed by atoms with van der Waals surface area (Å²) < 4.78 is 4.97. The molecule has 0 aliphatic carbocycles. The molecule has 0 saturated heterocycles. The van der Waals surface area contributed by atoms with E-state index in [0.717, 1.165) is 5.00 Å². The molecule has 0 fully saturated rings. The first-order valence-corrected chi connectivity index (χ1v) is 6.10. The van der Waals surface area contributed by atoms with Gasteiger partial charge in [-0.25, -0.2) is 0 Å². The molecule has 0 unspecified atom stereocenters. The molecule has 0 atom stereocenters. The number of hydrogen-bond acceptors (Lipinski definition) is 7. The summed E-state index contributed by atoms with van der Waals surface area (Å²) in [5, 5.41) is 7.60. The summed E-state index contributed by atoms with van der Waals surface area (Å²) in [6, 6.07) is 1.68. The fourth-order valence-corrected chi connectivity index (χ4v) is 2.28. The van der Waals surface area contributed by atoms with Crippen molar-refractivity contribution in [3.63, 3.8) is 0 Å². The van der Waals surface area contributed by atoms with Crippen LogP contribution < -0.4 is 16.8 Å². The maximum Gasteiger partial charge on any atom is 0.260 e. The molecular formula is C10H13N5O2S. The third-order valence-corrected chi connectivity index (χ3v) is 3.32. The van der Waals surface area contributed by atoms with Gasteiger partial charge in [0.05, 0.1) is 10.7 Å². The Morgan fingerprint density at radius 2 is 2.39 bits per heavy atom. The molecule has 2 heterocycles. The Hall–Kier alpha value is -2.09. The van der Waals surface area contributed by atoms with E-state index in [1.165, 1.54) is 11.3 Å². The van der Waals surface area contributed by atoms with Crippen LogP contribution in [0.2, 0.25) is 0 Å². The number of aromatic nitrogens is 2. The fraction of sp³-hybridized carbons (Fsp3) is 0.300. The van der Waals surface area contributed by atoms with Gasteiger partial charge < -0.3 is 21.3 Å². The first-order valence-electron chi connectivity index (χ1n) is 5.28. The maximum absolute atomic E-state index is 11.0. The third kappa shape index (κ3) is 2.77. The molecule has 2 rings (SSSR count). The minimum Gasteiger partial charge on any atom is -0.397 e. The quantitative estimate of drug-likeness (QED) is 0.736.